The zero-order valence-corrected chi connectivity index (χ0v) is 6.12. The van der Waals surface area contributed by atoms with Crippen LogP contribution in [-0.4, -0.2) is 24.4 Å². The second kappa shape index (κ2) is 2.51. The van der Waals surface area contributed by atoms with E-state index in [0.717, 1.165) is 32.0 Å². The highest BCUT2D eigenvalue weighted by atomic mass is 16.5. The fourth-order valence-electron chi connectivity index (χ4n) is 2.10. The summed E-state index contributed by atoms with van der Waals surface area (Å²) in [6.07, 6.45) is 3.10. The van der Waals surface area contributed by atoms with Gasteiger partial charge in [-0.3, -0.25) is 0 Å². The molecule has 1 aliphatic carbocycles. The van der Waals surface area contributed by atoms with Gasteiger partial charge in [0.15, 0.2) is 0 Å². The van der Waals surface area contributed by atoms with Crippen LogP contribution in [0.4, 0.5) is 0 Å². The molecule has 2 fully saturated rings. The van der Waals surface area contributed by atoms with E-state index in [0.29, 0.717) is 5.92 Å². The molecule has 0 aromatic rings. The van der Waals surface area contributed by atoms with Crippen LogP contribution < -0.4 is 0 Å². The van der Waals surface area contributed by atoms with E-state index in [1.807, 2.05) is 0 Å². The van der Waals surface area contributed by atoms with Crippen LogP contribution in [0.25, 0.3) is 0 Å². The van der Waals surface area contributed by atoms with Gasteiger partial charge in [0.25, 0.3) is 0 Å². The molecule has 0 bridgehead atoms. The van der Waals surface area contributed by atoms with Crippen molar-refractivity contribution >= 4 is 0 Å². The molecule has 1 saturated carbocycles. The number of ether oxygens (including phenoxy) is 1. The predicted molar refractivity (Wildman–Crippen MR) is 37.7 cm³/mol. The highest BCUT2D eigenvalue weighted by Crippen LogP contribution is 2.34. The first kappa shape index (κ1) is 6.62. The molecule has 0 aromatic carbocycles. The van der Waals surface area contributed by atoms with Crippen LogP contribution in [0.2, 0.25) is 0 Å². The van der Waals surface area contributed by atoms with Crippen LogP contribution in [0.5, 0.6) is 0 Å². The van der Waals surface area contributed by atoms with E-state index in [2.05, 4.69) is 0 Å². The molecule has 2 aliphatic rings. The molecule has 1 heterocycles. The number of fused-ring (bicyclic) bond motifs is 1. The van der Waals surface area contributed by atoms with Gasteiger partial charge in [-0.25, -0.2) is 0 Å². The van der Waals surface area contributed by atoms with E-state index in [1.165, 1.54) is 6.42 Å². The van der Waals surface area contributed by atoms with Crippen molar-refractivity contribution in [3.63, 3.8) is 0 Å². The van der Waals surface area contributed by atoms with E-state index in [1.54, 1.807) is 0 Å². The van der Waals surface area contributed by atoms with Crippen molar-refractivity contribution in [1.29, 1.82) is 0 Å². The number of rotatable bonds is 0. The molecule has 2 nitrogen and oxygen atoms in total. The van der Waals surface area contributed by atoms with Crippen LogP contribution in [0.15, 0.2) is 0 Å². The first-order valence-corrected chi connectivity index (χ1v) is 4.12. The van der Waals surface area contributed by atoms with Crippen molar-refractivity contribution in [3.8, 4) is 0 Å². The normalized spacial score (nSPS) is 47.1. The third-order valence-corrected chi connectivity index (χ3v) is 2.78. The summed E-state index contributed by atoms with van der Waals surface area (Å²) >= 11 is 0. The van der Waals surface area contributed by atoms with E-state index >= 15 is 0 Å². The monoisotopic (exact) mass is 142 g/mol. The zero-order valence-electron chi connectivity index (χ0n) is 6.12. The summed E-state index contributed by atoms with van der Waals surface area (Å²) < 4.78 is 5.33. The Bertz CT molecular complexity index is 124. The summed E-state index contributed by atoms with van der Waals surface area (Å²) in [6, 6.07) is 0. The van der Waals surface area contributed by atoms with Gasteiger partial charge in [-0.15, -0.1) is 0 Å². The summed E-state index contributed by atoms with van der Waals surface area (Å²) in [5.74, 6) is 1.44. The highest BCUT2D eigenvalue weighted by Gasteiger charge is 2.33. The minimum Gasteiger partial charge on any atom is -0.393 e. The SMILES string of the molecule is OC1CCC2COCC2C1. The molecule has 1 aliphatic heterocycles. The van der Waals surface area contributed by atoms with Crippen LogP contribution in [-0.2, 0) is 4.74 Å². The number of hydrogen-bond acceptors (Lipinski definition) is 2. The van der Waals surface area contributed by atoms with Crippen molar-refractivity contribution in [2.45, 2.75) is 25.4 Å². The van der Waals surface area contributed by atoms with Gasteiger partial charge < -0.3 is 9.84 Å². The third kappa shape index (κ3) is 1.06. The van der Waals surface area contributed by atoms with Crippen molar-refractivity contribution in [1.82, 2.24) is 0 Å². The standard InChI is InChI=1S/C8H14O2/c9-8-2-1-6-4-10-5-7(6)3-8/h6-9H,1-5H2. The fraction of sp³-hybridized carbons (Fsp3) is 1.00. The summed E-state index contributed by atoms with van der Waals surface area (Å²) in [5, 5.41) is 9.30. The van der Waals surface area contributed by atoms with Gasteiger partial charge in [0.05, 0.1) is 6.10 Å². The Kier molecular flexibility index (Phi) is 1.66. The number of aliphatic hydroxyl groups excluding tert-OH is 1. The zero-order chi connectivity index (χ0) is 6.97. The lowest BCUT2D eigenvalue weighted by Crippen LogP contribution is -2.26. The van der Waals surface area contributed by atoms with Crippen LogP contribution >= 0.6 is 0 Å². The largest absolute Gasteiger partial charge is 0.393 e. The highest BCUT2D eigenvalue weighted by molar-refractivity contribution is 4.82. The Balaban J connectivity index is 1.96. The Labute approximate surface area is 61.2 Å². The second-order valence-corrected chi connectivity index (χ2v) is 3.52. The van der Waals surface area contributed by atoms with E-state index in [9.17, 15) is 5.11 Å². The molecule has 2 rings (SSSR count). The molecule has 0 radical (unpaired) electrons. The minimum atomic E-state index is -0.0389. The van der Waals surface area contributed by atoms with Gasteiger partial charge >= 0.3 is 0 Å². The van der Waals surface area contributed by atoms with Crippen LogP contribution in [0, 0.1) is 11.8 Å². The molecule has 0 amide bonds. The third-order valence-electron chi connectivity index (χ3n) is 2.78. The summed E-state index contributed by atoms with van der Waals surface area (Å²) in [6.45, 7) is 1.83. The topological polar surface area (TPSA) is 29.5 Å². The number of hydrogen-bond donors (Lipinski definition) is 1. The van der Waals surface area contributed by atoms with Gasteiger partial charge in [0.1, 0.15) is 0 Å². The second-order valence-electron chi connectivity index (χ2n) is 3.52. The molecule has 1 saturated heterocycles. The van der Waals surface area contributed by atoms with Crippen LogP contribution in [0.1, 0.15) is 19.3 Å². The summed E-state index contributed by atoms with van der Waals surface area (Å²) in [7, 11) is 0. The van der Waals surface area contributed by atoms with Crippen LogP contribution in [0.3, 0.4) is 0 Å². The van der Waals surface area contributed by atoms with Gasteiger partial charge in [0.2, 0.25) is 0 Å². The Morgan fingerprint density at radius 3 is 2.80 bits per heavy atom. The quantitative estimate of drug-likeness (QED) is 0.542. The molecule has 2 heteroatoms. The first-order chi connectivity index (χ1) is 4.86. The van der Waals surface area contributed by atoms with E-state index in [4.69, 9.17) is 4.74 Å². The summed E-state index contributed by atoms with van der Waals surface area (Å²) in [4.78, 5) is 0. The van der Waals surface area contributed by atoms with Crippen molar-refractivity contribution < 1.29 is 9.84 Å². The maximum atomic E-state index is 9.30. The smallest absolute Gasteiger partial charge is 0.0544 e. The molecule has 58 valence electrons. The maximum absolute atomic E-state index is 9.30. The minimum absolute atomic E-state index is 0.0389. The average molecular weight is 142 g/mol. The molecular formula is C8H14O2. The van der Waals surface area contributed by atoms with Crippen molar-refractivity contribution in [2.24, 2.45) is 11.8 Å². The van der Waals surface area contributed by atoms with Crippen molar-refractivity contribution in [2.75, 3.05) is 13.2 Å². The molecule has 0 aromatic heterocycles. The lowest BCUT2D eigenvalue weighted by molar-refractivity contribution is 0.0860. The molecule has 1 N–H and O–H groups in total. The predicted octanol–water partition coefficient (Wildman–Crippen LogP) is 0.794. The molecule has 3 atom stereocenters. The Hall–Kier alpha value is -0.0800. The van der Waals surface area contributed by atoms with E-state index in [-0.39, 0.29) is 6.10 Å². The lowest BCUT2D eigenvalue weighted by Gasteiger charge is -2.26. The maximum Gasteiger partial charge on any atom is 0.0544 e. The van der Waals surface area contributed by atoms with Crippen molar-refractivity contribution in [3.05, 3.63) is 0 Å². The fourth-order valence-corrected chi connectivity index (χ4v) is 2.10. The molecular weight excluding hydrogens is 128 g/mol. The van der Waals surface area contributed by atoms with Gasteiger partial charge in [-0.05, 0) is 31.1 Å². The van der Waals surface area contributed by atoms with Gasteiger partial charge in [-0.1, -0.05) is 0 Å². The Morgan fingerprint density at radius 1 is 1.10 bits per heavy atom. The summed E-state index contributed by atoms with van der Waals surface area (Å²) in [5.41, 5.74) is 0. The molecule has 3 unspecified atom stereocenters. The first-order valence-electron chi connectivity index (χ1n) is 4.12. The average Bonchev–Trinajstić information content (AvgIpc) is 2.33. The molecule has 0 spiro atoms. The number of aliphatic hydroxyl groups is 1. The Morgan fingerprint density at radius 2 is 1.90 bits per heavy atom. The van der Waals surface area contributed by atoms with E-state index < -0.39 is 0 Å². The lowest BCUT2D eigenvalue weighted by atomic mass is 9.80. The molecule has 10 heavy (non-hydrogen) atoms. The van der Waals surface area contributed by atoms with Gasteiger partial charge in [-0.2, -0.15) is 0 Å². The van der Waals surface area contributed by atoms with Gasteiger partial charge in [0, 0.05) is 13.2 Å².